The summed E-state index contributed by atoms with van der Waals surface area (Å²) in [5.41, 5.74) is 8.39. The molecule has 0 N–H and O–H groups in total. The molecule has 0 saturated carbocycles. The van der Waals surface area contributed by atoms with Gasteiger partial charge in [0.15, 0.2) is 0 Å². The van der Waals surface area contributed by atoms with Crippen molar-refractivity contribution in [3.8, 4) is 0 Å². The number of esters is 1. The minimum Gasteiger partial charge on any atom is -0.465 e. The lowest BCUT2D eigenvalue weighted by Crippen LogP contribution is -2.49. The molecule has 0 amide bonds. The summed E-state index contributed by atoms with van der Waals surface area (Å²) in [6.07, 6.45) is 3.77. The molecule has 1 aliphatic carbocycles. The molecule has 3 nitrogen and oxygen atoms in total. The second-order valence-electron chi connectivity index (χ2n) is 8.03. The number of likely N-dealkylation sites (tertiary alicyclic amines) is 1. The lowest BCUT2D eigenvalue weighted by atomic mass is 9.58. The van der Waals surface area contributed by atoms with Crippen LogP contribution >= 0.6 is 0 Å². The molecule has 1 spiro atoms. The number of carbonyl (C=O) groups excluding carboxylic acids is 1. The van der Waals surface area contributed by atoms with E-state index in [-0.39, 0.29) is 5.97 Å². The van der Waals surface area contributed by atoms with Crippen LogP contribution in [0.4, 0.5) is 0 Å². The fourth-order valence-electron chi connectivity index (χ4n) is 4.74. The van der Waals surface area contributed by atoms with Gasteiger partial charge < -0.3 is 4.74 Å². The van der Waals surface area contributed by atoms with Gasteiger partial charge in [-0.05, 0) is 80.6 Å². The van der Waals surface area contributed by atoms with E-state index in [0.717, 1.165) is 19.6 Å². The first kappa shape index (κ1) is 17.3. The SMILES string of the molecule is COC(=O)c1ccc(CN2CCC3(CC2)Cc2c(C)cc(C)cc23)cc1. The molecule has 0 atom stereocenters. The van der Waals surface area contributed by atoms with E-state index >= 15 is 0 Å². The van der Waals surface area contributed by atoms with Crippen molar-refractivity contribution in [2.45, 2.75) is 45.1 Å². The zero-order valence-electron chi connectivity index (χ0n) is 16.0. The maximum atomic E-state index is 11.5. The van der Waals surface area contributed by atoms with Crippen LogP contribution in [0.1, 0.15) is 51.0 Å². The Balaban J connectivity index is 1.39. The molecule has 1 saturated heterocycles. The minimum atomic E-state index is -0.273. The summed E-state index contributed by atoms with van der Waals surface area (Å²) in [4.78, 5) is 14.1. The van der Waals surface area contributed by atoms with Crippen LogP contribution in [-0.2, 0) is 23.1 Å². The number of nitrogens with zero attached hydrogens (tertiary/aromatic N) is 1. The number of fused-ring (bicyclic) bond motifs is 2. The molecule has 2 aliphatic rings. The number of methoxy groups -OCH3 is 1. The third-order valence-electron chi connectivity index (χ3n) is 6.30. The summed E-state index contributed by atoms with van der Waals surface area (Å²) < 4.78 is 4.76. The molecule has 1 fully saturated rings. The molecule has 4 rings (SSSR count). The first-order valence-corrected chi connectivity index (χ1v) is 9.51. The van der Waals surface area contributed by atoms with Gasteiger partial charge in [0.1, 0.15) is 0 Å². The van der Waals surface area contributed by atoms with Crippen LogP contribution in [0.15, 0.2) is 36.4 Å². The molecule has 0 radical (unpaired) electrons. The van der Waals surface area contributed by atoms with E-state index in [1.165, 1.54) is 43.1 Å². The second-order valence-corrected chi connectivity index (χ2v) is 8.03. The highest BCUT2D eigenvalue weighted by Crippen LogP contribution is 2.49. The van der Waals surface area contributed by atoms with Crippen molar-refractivity contribution >= 4 is 5.97 Å². The van der Waals surface area contributed by atoms with Gasteiger partial charge in [0.25, 0.3) is 0 Å². The fourth-order valence-corrected chi connectivity index (χ4v) is 4.74. The van der Waals surface area contributed by atoms with E-state index in [9.17, 15) is 4.79 Å². The van der Waals surface area contributed by atoms with Crippen LogP contribution in [-0.4, -0.2) is 31.1 Å². The fraction of sp³-hybridized carbons (Fsp3) is 0.435. The number of piperidine rings is 1. The van der Waals surface area contributed by atoms with Crippen LogP contribution in [0, 0.1) is 13.8 Å². The number of benzene rings is 2. The van der Waals surface area contributed by atoms with Crippen molar-refractivity contribution in [3.63, 3.8) is 0 Å². The van der Waals surface area contributed by atoms with Crippen LogP contribution in [0.2, 0.25) is 0 Å². The monoisotopic (exact) mass is 349 g/mol. The maximum Gasteiger partial charge on any atom is 0.337 e. The minimum absolute atomic E-state index is 0.273. The second kappa shape index (κ2) is 6.55. The average molecular weight is 349 g/mol. The molecule has 0 bridgehead atoms. The Morgan fingerprint density at radius 1 is 1.12 bits per heavy atom. The molecule has 1 aliphatic heterocycles. The molecule has 0 unspecified atom stereocenters. The zero-order valence-corrected chi connectivity index (χ0v) is 16.0. The summed E-state index contributed by atoms with van der Waals surface area (Å²) in [7, 11) is 1.42. The standard InChI is InChI=1S/C23H27NO2/c1-16-12-17(2)20-14-23(21(20)13-16)8-10-24(11-9-23)15-18-4-6-19(7-5-18)22(25)26-3/h4-7,12-13H,8-11,14-15H2,1-3H3. The predicted molar refractivity (Wildman–Crippen MR) is 104 cm³/mol. The Morgan fingerprint density at radius 3 is 2.46 bits per heavy atom. The first-order valence-electron chi connectivity index (χ1n) is 9.51. The van der Waals surface area contributed by atoms with E-state index in [1.807, 2.05) is 24.3 Å². The quantitative estimate of drug-likeness (QED) is 0.779. The Kier molecular flexibility index (Phi) is 4.36. The molecule has 1 heterocycles. The van der Waals surface area contributed by atoms with E-state index in [1.54, 1.807) is 11.1 Å². The first-order chi connectivity index (χ1) is 12.5. The van der Waals surface area contributed by atoms with E-state index in [0.29, 0.717) is 11.0 Å². The van der Waals surface area contributed by atoms with Gasteiger partial charge in [-0.1, -0.05) is 29.8 Å². The van der Waals surface area contributed by atoms with Crippen LogP contribution in [0.5, 0.6) is 0 Å². The number of carbonyl (C=O) groups is 1. The lowest BCUT2D eigenvalue weighted by molar-refractivity contribution is 0.0600. The Bertz CT molecular complexity index is 830. The number of rotatable bonds is 3. The van der Waals surface area contributed by atoms with Crippen molar-refractivity contribution in [1.29, 1.82) is 0 Å². The zero-order chi connectivity index (χ0) is 18.3. The molecular weight excluding hydrogens is 322 g/mol. The number of hydrogen-bond acceptors (Lipinski definition) is 3. The van der Waals surface area contributed by atoms with Gasteiger partial charge >= 0.3 is 5.97 Å². The summed E-state index contributed by atoms with van der Waals surface area (Å²) in [6.45, 7) is 7.71. The molecule has 26 heavy (non-hydrogen) atoms. The molecule has 2 aromatic carbocycles. The van der Waals surface area contributed by atoms with Crippen molar-refractivity contribution < 1.29 is 9.53 Å². The highest BCUT2D eigenvalue weighted by molar-refractivity contribution is 5.89. The van der Waals surface area contributed by atoms with E-state index < -0.39 is 0 Å². The molecule has 136 valence electrons. The number of hydrogen-bond donors (Lipinski definition) is 0. The summed E-state index contributed by atoms with van der Waals surface area (Å²) in [5, 5.41) is 0. The summed E-state index contributed by atoms with van der Waals surface area (Å²) in [5.74, 6) is -0.273. The average Bonchev–Trinajstić information content (AvgIpc) is 2.64. The van der Waals surface area contributed by atoms with Gasteiger partial charge in [0.05, 0.1) is 12.7 Å². The lowest BCUT2D eigenvalue weighted by Gasteiger charge is -2.50. The van der Waals surface area contributed by atoms with E-state index in [2.05, 4.69) is 30.9 Å². The maximum absolute atomic E-state index is 11.5. The summed E-state index contributed by atoms with van der Waals surface area (Å²) in [6, 6.07) is 12.6. The molecular formula is C23H27NO2. The largest absolute Gasteiger partial charge is 0.465 e. The van der Waals surface area contributed by atoms with Crippen molar-refractivity contribution in [3.05, 3.63) is 69.8 Å². The van der Waals surface area contributed by atoms with Gasteiger partial charge in [-0.25, -0.2) is 4.79 Å². The van der Waals surface area contributed by atoms with Crippen LogP contribution in [0.25, 0.3) is 0 Å². The van der Waals surface area contributed by atoms with Gasteiger partial charge in [0, 0.05) is 12.0 Å². The molecule has 3 heteroatoms. The van der Waals surface area contributed by atoms with Gasteiger partial charge in [-0.2, -0.15) is 0 Å². The Labute approximate surface area is 156 Å². The molecule has 0 aromatic heterocycles. The Morgan fingerprint density at radius 2 is 1.81 bits per heavy atom. The highest BCUT2D eigenvalue weighted by atomic mass is 16.5. The van der Waals surface area contributed by atoms with Crippen molar-refractivity contribution in [2.75, 3.05) is 20.2 Å². The van der Waals surface area contributed by atoms with E-state index in [4.69, 9.17) is 4.74 Å². The number of ether oxygens (including phenoxy) is 1. The van der Waals surface area contributed by atoms with Gasteiger partial charge in [-0.15, -0.1) is 0 Å². The number of aryl methyl sites for hydroxylation is 2. The third kappa shape index (κ3) is 2.95. The van der Waals surface area contributed by atoms with Crippen molar-refractivity contribution in [1.82, 2.24) is 4.90 Å². The summed E-state index contributed by atoms with van der Waals surface area (Å²) >= 11 is 0. The third-order valence-corrected chi connectivity index (χ3v) is 6.30. The highest BCUT2D eigenvalue weighted by Gasteiger charge is 2.45. The van der Waals surface area contributed by atoms with Crippen molar-refractivity contribution in [2.24, 2.45) is 0 Å². The Hall–Kier alpha value is -2.13. The van der Waals surface area contributed by atoms with Crippen LogP contribution in [0.3, 0.4) is 0 Å². The smallest absolute Gasteiger partial charge is 0.337 e. The topological polar surface area (TPSA) is 29.5 Å². The van der Waals surface area contributed by atoms with Gasteiger partial charge in [0.2, 0.25) is 0 Å². The predicted octanol–water partition coefficient (Wildman–Crippen LogP) is 4.18. The van der Waals surface area contributed by atoms with Gasteiger partial charge in [-0.3, -0.25) is 4.90 Å². The molecule has 2 aromatic rings. The normalized spacial score (nSPS) is 18.3. The van der Waals surface area contributed by atoms with Crippen LogP contribution < -0.4 is 0 Å².